The zero-order chi connectivity index (χ0) is 14.5. The Balaban J connectivity index is 2.05. The fourth-order valence-corrected chi connectivity index (χ4v) is 3.09. The molecule has 20 heavy (non-hydrogen) atoms. The normalized spacial score (nSPS) is 10.5. The number of rotatable bonds is 5. The molecule has 0 heterocycles. The van der Waals surface area contributed by atoms with Crippen molar-refractivity contribution in [2.75, 3.05) is 0 Å². The maximum Gasteiger partial charge on any atom is 0.336 e. The SMILES string of the molecule is O=C(O)c1cc(F)ccc1CSCc1ccccc1Cl. The van der Waals surface area contributed by atoms with E-state index < -0.39 is 11.8 Å². The van der Waals surface area contributed by atoms with E-state index in [0.29, 0.717) is 22.1 Å². The molecule has 0 bridgehead atoms. The first kappa shape index (κ1) is 14.9. The minimum absolute atomic E-state index is 0.0108. The van der Waals surface area contributed by atoms with Crippen molar-refractivity contribution in [3.8, 4) is 0 Å². The van der Waals surface area contributed by atoms with E-state index >= 15 is 0 Å². The molecule has 0 spiro atoms. The van der Waals surface area contributed by atoms with E-state index in [1.54, 1.807) is 11.8 Å². The molecule has 2 rings (SSSR count). The van der Waals surface area contributed by atoms with E-state index in [0.717, 1.165) is 11.6 Å². The lowest BCUT2D eigenvalue weighted by molar-refractivity contribution is 0.0695. The highest BCUT2D eigenvalue weighted by Crippen LogP contribution is 2.24. The topological polar surface area (TPSA) is 37.3 Å². The first-order valence-corrected chi connectivity index (χ1v) is 7.44. The van der Waals surface area contributed by atoms with Crippen molar-refractivity contribution in [3.63, 3.8) is 0 Å². The molecular formula is C15H12ClFO2S. The van der Waals surface area contributed by atoms with Gasteiger partial charge in [0.1, 0.15) is 5.82 Å². The number of carbonyl (C=O) groups is 1. The first-order chi connectivity index (χ1) is 9.58. The molecule has 5 heteroatoms. The third-order valence-corrected chi connectivity index (χ3v) is 4.17. The van der Waals surface area contributed by atoms with Crippen LogP contribution in [0.3, 0.4) is 0 Å². The molecule has 0 atom stereocenters. The van der Waals surface area contributed by atoms with Gasteiger partial charge in [-0.15, -0.1) is 0 Å². The third kappa shape index (κ3) is 3.74. The van der Waals surface area contributed by atoms with Crippen LogP contribution in [0.1, 0.15) is 21.5 Å². The largest absolute Gasteiger partial charge is 0.478 e. The van der Waals surface area contributed by atoms with Gasteiger partial charge in [0.05, 0.1) is 5.56 Å². The summed E-state index contributed by atoms with van der Waals surface area (Å²) in [6.45, 7) is 0. The molecule has 0 aliphatic heterocycles. The Morgan fingerprint density at radius 1 is 1.15 bits per heavy atom. The van der Waals surface area contributed by atoms with Crippen molar-refractivity contribution >= 4 is 29.3 Å². The molecular weight excluding hydrogens is 299 g/mol. The highest BCUT2D eigenvalue weighted by Gasteiger charge is 2.11. The maximum atomic E-state index is 13.1. The summed E-state index contributed by atoms with van der Waals surface area (Å²) >= 11 is 7.59. The van der Waals surface area contributed by atoms with Gasteiger partial charge >= 0.3 is 5.97 Å². The van der Waals surface area contributed by atoms with Crippen LogP contribution < -0.4 is 0 Å². The van der Waals surface area contributed by atoms with Crippen LogP contribution in [-0.4, -0.2) is 11.1 Å². The first-order valence-electron chi connectivity index (χ1n) is 5.91. The van der Waals surface area contributed by atoms with Gasteiger partial charge in [-0.3, -0.25) is 0 Å². The molecule has 0 radical (unpaired) electrons. The lowest BCUT2D eigenvalue weighted by atomic mass is 10.1. The fraction of sp³-hybridized carbons (Fsp3) is 0.133. The Morgan fingerprint density at radius 2 is 1.85 bits per heavy atom. The van der Waals surface area contributed by atoms with Crippen LogP contribution >= 0.6 is 23.4 Å². The van der Waals surface area contributed by atoms with Crippen molar-refractivity contribution in [2.24, 2.45) is 0 Å². The second kappa shape index (κ2) is 6.77. The van der Waals surface area contributed by atoms with Gasteiger partial charge in [-0.05, 0) is 29.3 Å². The van der Waals surface area contributed by atoms with Crippen LogP contribution in [0.2, 0.25) is 5.02 Å². The molecule has 104 valence electrons. The molecule has 0 unspecified atom stereocenters. The second-order valence-electron chi connectivity index (χ2n) is 4.19. The fourth-order valence-electron chi connectivity index (χ4n) is 1.76. The monoisotopic (exact) mass is 310 g/mol. The molecule has 0 saturated carbocycles. The van der Waals surface area contributed by atoms with E-state index in [4.69, 9.17) is 16.7 Å². The van der Waals surface area contributed by atoms with Crippen LogP contribution in [0.5, 0.6) is 0 Å². The van der Waals surface area contributed by atoms with Crippen LogP contribution in [0.4, 0.5) is 4.39 Å². The van der Waals surface area contributed by atoms with Crippen molar-refractivity contribution in [1.29, 1.82) is 0 Å². The van der Waals surface area contributed by atoms with E-state index in [-0.39, 0.29) is 5.56 Å². The Morgan fingerprint density at radius 3 is 2.55 bits per heavy atom. The molecule has 1 N–H and O–H groups in total. The standard InChI is InChI=1S/C15H12ClFO2S/c16-14-4-2-1-3-11(14)9-20-8-10-5-6-12(17)7-13(10)15(18)19/h1-7H,8-9H2,(H,18,19). The molecule has 0 aliphatic carbocycles. The van der Waals surface area contributed by atoms with E-state index in [2.05, 4.69) is 0 Å². The molecule has 0 aliphatic rings. The summed E-state index contributed by atoms with van der Waals surface area (Å²) in [5.41, 5.74) is 1.62. The number of thioether (sulfide) groups is 1. The number of aromatic carboxylic acids is 1. The lowest BCUT2D eigenvalue weighted by Gasteiger charge is -2.07. The van der Waals surface area contributed by atoms with Gasteiger partial charge in [0, 0.05) is 16.5 Å². The summed E-state index contributed by atoms with van der Waals surface area (Å²) in [5, 5.41) is 9.75. The summed E-state index contributed by atoms with van der Waals surface area (Å²) in [7, 11) is 0. The van der Waals surface area contributed by atoms with Crippen LogP contribution in [0, 0.1) is 5.82 Å². The summed E-state index contributed by atoms with van der Waals surface area (Å²) < 4.78 is 13.1. The van der Waals surface area contributed by atoms with Gasteiger partial charge in [0.25, 0.3) is 0 Å². The number of hydrogen-bond donors (Lipinski definition) is 1. The van der Waals surface area contributed by atoms with Crippen LogP contribution in [0.15, 0.2) is 42.5 Å². The number of carboxylic acids is 1. The summed E-state index contributed by atoms with van der Waals surface area (Å²) in [6, 6.07) is 11.3. The van der Waals surface area contributed by atoms with Gasteiger partial charge in [-0.1, -0.05) is 35.9 Å². The molecule has 0 saturated heterocycles. The number of hydrogen-bond acceptors (Lipinski definition) is 2. The molecule has 2 nitrogen and oxygen atoms in total. The predicted molar refractivity (Wildman–Crippen MR) is 79.8 cm³/mol. The Bertz CT molecular complexity index is 631. The molecule has 0 fully saturated rings. The van der Waals surface area contributed by atoms with Crippen LogP contribution in [-0.2, 0) is 11.5 Å². The van der Waals surface area contributed by atoms with Gasteiger partial charge in [0.2, 0.25) is 0 Å². The molecule has 0 aromatic heterocycles. The molecule has 2 aromatic carbocycles. The average molecular weight is 311 g/mol. The van der Waals surface area contributed by atoms with Gasteiger partial charge in [0.15, 0.2) is 0 Å². The van der Waals surface area contributed by atoms with Gasteiger partial charge in [-0.25, -0.2) is 9.18 Å². The summed E-state index contributed by atoms with van der Waals surface area (Å²) in [4.78, 5) is 11.1. The lowest BCUT2D eigenvalue weighted by Crippen LogP contribution is -2.02. The van der Waals surface area contributed by atoms with Crippen molar-refractivity contribution in [2.45, 2.75) is 11.5 Å². The Hall–Kier alpha value is -1.52. The molecule has 2 aromatic rings. The number of carboxylic acid groups (broad SMARTS) is 1. The highest BCUT2D eigenvalue weighted by molar-refractivity contribution is 7.97. The van der Waals surface area contributed by atoms with E-state index in [9.17, 15) is 9.18 Å². The third-order valence-electron chi connectivity index (χ3n) is 2.78. The van der Waals surface area contributed by atoms with Gasteiger partial charge < -0.3 is 5.11 Å². The minimum Gasteiger partial charge on any atom is -0.478 e. The Kier molecular flexibility index (Phi) is 5.04. The van der Waals surface area contributed by atoms with Gasteiger partial charge in [-0.2, -0.15) is 11.8 Å². The van der Waals surface area contributed by atoms with Crippen molar-refractivity contribution in [1.82, 2.24) is 0 Å². The Labute approximate surface area is 125 Å². The summed E-state index contributed by atoms with van der Waals surface area (Å²) in [6.07, 6.45) is 0. The summed E-state index contributed by atoms with van der Waals surface area (Å²) in [5.74, 6) is -0.483. The van der Waals surface area contributed by atoms with Crippen LogP contribution in [0.25, 0.3) is 0 Å². The van der Waals surface area contributed by atoms with E-state index in [1.165, 1.54) is 12.1 Å². The molecule has 0 amide bonds. The maximum absolute atomic E-state index is 13.1. The van der Waals surface area contributed by atoms with E-state index in [1.807, 2.05) is 24.3 Å². The quantitative estimate of drug-likeness (QED) is 0.876. The number of halogens is 2. The second-order valence-corrected chi connectivity index (χ2v) is 5.58. The zero-order valence-corrected chi connectivity index (χ0v) is 12.0. The minimum atomic E-state index is -1.11. The average Bonchev–Trinajstić information content (AvgIpc) is 2.42. The predicted octanol–water partition coefficient (Wildman–Crippen LogP) is 4.61. The zero-order valence-electron chi connectivity index (χ0n) is 10.5. The number of benzene rings is 2. The van der Waals surface area contributed by atoms with Crippen molar-refractivity contribution in [3.05, 3.63) is 70.0 Å². The van der Waals surface area contributed by atoms with Crippen molar-refractivity contribution < 1.29 is 14.3 Å². The highest BCUT2D eigenvalue weighted by atomic mass is 35.5. The smallest absolute Gasteiger partial charge is 0.336 e.